The summed E-state index contributed by atoms with van der Waals surface area (Å²) in [5, 5.41) is 0. The van der Waals surface area contributed by atoms with E-state index in [1.165, 1.54) is 0 Å². The van der Waals surface area contributed by atoms with E-state index in [2.05, 4.69) is 21.8 Å². The number of carbonyl (C=O) groups is 2. The number of likely N-dealkylation sites (N-methyl/N-ethyl adjacent to an activating group) is 1. The summed E-state index contributed by atoms with van der Waals surface area (Å²) in [5.41, 5.74) is 11.5. The van der Waals surface area contributed by atoms with Crippen molar-refractivity contribution >= 4 is 34.6 Å². The third-order valence-corrected chi connectivity index (χ3v) is 7.26. The Labute approximate surface area is 224 Å². The monoisotopic (exact) mass is 516 g/mol. The topological polar surface area (TPSA) is 80.4 Å². The lowest BCUT2D eigenvalue weighted by Gasteiger charge is -2.35. The molecule has 5 rings (SSSR count). The van der Waals surface area contributed by atoms with E-state index in [9.17, 15) is 9.59 Å². The zero-order valence-corrected chi connectivity index (χ0v) is 22.2. The second kappa shape index (κ2) is 11.6. The first kappa shape index (κ1) is 25.7. The maximum Gasteiger partial charge on any atom is 0.274 e. The third kappa shape index (κ3) is 5.47. The fraction of sp³-hybridized carbons (Fsp3) is 0.379. The predicted molar refractivity (Wildman–Crippen MR) is 151 cm³/mol. The number of benzene rings is 2. The van der Waals surface area contributed by atoms with Crippen LogP contribution in [0.3, 0.4) is 0 Å². The average molecular weight is 517 g/mol. The molecule has 2 amide bonds. The average Bonchev–Trinajstić information content (AvgIpc) is 2.97. The SMILES string of the molecule is CCN(C)C1=CCCN(c2ccc(NNc3ccc(N4CCC=C(N5CCOCC5)C4=O)cc3)cc2)C1=O. The third-order valence-electron chi connectivity index (χ3n) is 7.26. The molecule has 38 heavy (non-hydrogen) atoms. The van der Waals surface area contributed by atoms with Crippen molar-refractivity contribution in [3.63, 3.8) is 0 Å². The van der Waals surface area contributed by atoms with Gasteiger partial charge < -0.3 is 35.2 Å². The Morgan fingerprint density at radius 1 is 0.763 bits per heavy atom. The van der Waals surface area contributed by atoms with Crippen LogP contribution in [0.2, 0.25) is 0 Å². The lowest BCUT2D eigenvalue weighted by molar-refractivity contribution is -0.118. The second-order valence-corrected chi connectivity index (χ2v) is 9.63. The molecular formula is C29H36N6O3. The fourth-order valence-electron chi connectivity index (χ4n) is 4.96. The smallest absolute Gasteiger partial charge is 0.274 e. The van der Waals surface area contributed by atoms with Crippen LogP contribution in [0.4, 0.5) is 22.7 Å². The summed E-state index contributed by atoms with van der Waals surface area (Å²) in [6, 6.07) is 15.7. The standard InChI is InChI=1S/C29H36N6O3/c1-3-32(2)26-6-4-16-34(28(26)36)24-12-8-22(9-13-24)30-31-23-10-14-25(15-11-23)35-17-5-7-27(29(35)37)33-18-20-38-21-19-33/h6-15,30-31H,3-5,16-21H2,1-2H3. The zero-order valence-electron chi connectivity index (χ0n) is 22.2. The van der Waals surface area contributed by atoms with Crippen LogP contribution in [0.5, 0.6) is 0 Å². The molecule has 0 bridgehead atoms. The van der Waals surface area contributed by atoms with Gasteiger partial charge in [0.15, 0.2) is 0 Å². The van der Waals surface area contributed by atoms with E-state index in [1.807, 2.05) is 83.3 Å². The van der Waals surface area contributed by atoms with Gasteiger partial charge in [0.05, 0.1) is 36.0 Å². The van der Waals surface area contributed by atoms with E-state index in [-0.39, 0.29) is 11.8 Å². The van der Waals surface area contributed by atoms with Crippen LogP contribution in [0.15, 0.2) is 72.1 Å². The summed E-state index contributed by atoms with van der Waals surface area (Å²) >= 11 is 0. The number of nitrogens with one attached hydrogen (secondary N) is 2. The second-order valence-electron chi connectivity index (χ2n) is 9.63. The number of amides is 2. The highest BCUT2D eigenvalue weighted by atomic mass is 16.5. The first-order valence-electron chi connectivity index (χ1n) is 13.3. The molecule has 2 aromatic carbocycles. The van der Waals surface area contributed by atoms with Gasteiger partial charge in [-0.2, -0.15) is 0 Å². The van der Waals surface area contributed by atoms with Crippen molar-refractivity contribution in [2.24, 2.45) is 0 Å². The van der Waals surface area contributed by atoms with Crippen LogP contribution in [0.25, 0.3) is 0 Å². The van der Waals surface area contributed by atoms with E-state index in [0.717, 1.165) is 66.6 Å². The molecule has 0 radical (unpaired) electrons. The molecule has 0 saturated carbocycles. The van der Waals surface area contributed by atoms with Crippen LogP contribution in [-0.2, 0) is 14.3 Å². The summed E-state index contributed by atoms with van der Waals surface area (Å²) in [4.78, 5) is 33.9. The Kier molecular flexibility index (Phi) is 7.83. The molecule has 1 fully saturated rings. The van der Waals surface area contributed by atoms with Crippen LogP contribution in [0.1, 0.15) is 19.8 Å². The largest absolute Gasteiger partial charge is 0.378 e. The summed E-state index contributed by atoms with van der Waals surface area (Å²) in [7, 11) is 1.95. The highest BCUT2D eigenvalue weighted by Gasteiger charge is 2.28. The fourth-order valence-corrected chi connectivity index (χ4v) is 4.96. The van der Waals surface area contributed by atoms with Gasteiger partial charge in [-0.15, -0.1) is 0 Å². The van der Waals surface area contributed by atoms with E-state index in [0.29, 0.717) is 26.3 Å². The molecule has 1 saturated heterocycles. The summed E-state index contributed by atoms with van der Waals surface area (Å²) < 4.78 is 5.43. The number of rotatable bonds is 8. The van der Waals surface area contributed by atoms with E-state index in [1.54, 1.807) is 0 Å². The highest BCUT2D eigenvalue weighted by Crippen LogP contribution is 2.26. The highest BCUT2D eigenvalue weighted by molar-refractivity contribution is 6.06. The van der Waals surface area contributed by atoms with Gasteiger partial charge in [0.2, 0.25) is 0 Å². The Balaban J connectivity index is 1.17. The van der Waals surface area contributed by atoms with Gasteiger partial charge in [-0.1, -0.05) is 12.2 Å². The molecule has 2 N–H and O–H groups in total. The van der Waals surface area contributed by atoms with Gasteiger partial charge in [0, 0.05) is 51.1 Å². The molecule has 3 heterocycles. The molecular weight excluding hydrogens is 480 g/mol. The molecule has 0 aliphatic carbocycles. The first-order chi connectivity index (χ1) is 18.5. The summed E-state index contributed by atoms with van der Waals surface area (Å²) in [5.74, 6) is 0.0903. The Morgan fingerprint density at radius 3 is 1.84 bits per heavy atom. The van der Waals surface area contributed by atoms with Crippen molar-refractivity contribution in [2.45, 2.75) is 19.8 Å². The van der Waals surface area contributed by atoms with Crippen molar-refractivity contribution < 1.29 is 14.3 Å². The zero-order chi connectivity index (χ0) is 26.5. The Bertz CT molecular complexity index is 1200. The number of hydrazine groups is 1. The van der Waals surface area contributed by atoms with Gasteiger partial charge in [0.25, 0.3) is 11.8 Å². The van der Waals surface area contributed by atoms with Gasteiger partial charge in [0.1, 0.15) is 0 Å². The molecule has 200 valence electrons. The number of nitrogens with zero attached hydrogens (tertiary/aromatic N) is 4. The predicted octanol–water partition coefficient (Wildman–Crippen LogP) is 3.65. The maximum atomic E-state index is 13.2. The van der Waals surface area contributed by atoms with Gasteiger partial charge in [-0.25, -0.2) is 0 Å². The van der Waals surface area contributed by atoms with Crippen molar-refractivity contribution in [2.75, 3.05) is 73.6 Å². The Hall–Kier alpha value is -3.98. The lowest BCUT2D eigenvalue weighted by atomic mass is 10.1. The summed E-state index contributed by atoms with van der Waals surface area (Å²) in [6.45, 7) is 7.02. The molecule has 3 aliphatic heterocycles. The number of hydrogen-bond acceptors (Lipinski definition) is 7. The molecule has 0 aromatic heterocycles. The summed E-state index contributed by atoms with van der Waals surface area (Å²) in [6.07, 6.45) is 5.76. The van der Waals surface area contributed by atoms with Gasteiger partial charge >= 0.3 is 0 Å². The minimum absolute atomic E-state index is 0.0410. The van der Waals surface area contributed by atoms with Crippen molar-refractivity contribution in [3.8, 4) is 0 Å². The number of hydrogen-bond donors (Lipinski definition) is 2. The normalized spacial score (nSPS) is 18.2. The quantitative estimate of drug-likeness (QED) is 0.519. The molecule has 0 atom stereocenters. The van der Waals surface area contributed by atoms with Gasteiger partial charge in [-0.05, 0) is 68.3 Å². The minimum atomic E-state index is 0.0410. The van der Waals surface area contributed by atoms with Crippen LogP contribution < -0.4 is 20.7 Å². The molecule has 0 unspecified atom stereocenters. The van der Waals surface area contributed by atoms with E-state index >= 15 is 0 Å². The molecule has 3 aliphatic rings. The first-order valence-corrected chi connectivity index (χ1v) is 13.3. The number of carbonyl (C=O) groups excluding carboxylic acids is 2. The van der Waals surface area contributed by atoms with Gasteiger partial charge in [-0.3, -0.25) is 9.59 Å². The van der Waals surface area contributed by atoms with Crippen LogP contribution in [-0.4, -0.2) is 74.6 Å². The lowest BCUT2D eigenvalue weighted by Crippen LogP contribution is -2.45. The molecule has 0 spiro atoms. The Morgan fingerprint density at radius 2 is 1.29 bits per heavy atom. The van der Waals surface area contributed by atoms with E-state index < -0.39 is 0 Å². The van der Waals surface area contributed by atoms with Crippen molar-refractivity contribution in [3.05, 3.63) is 72.1 Å². The van der Waals surface area contributed by atoms with Crippen molar-refractivity contribution in [1.29, 1.82) is 0 Å². The molecule has 9 heteroatoms. The number of ether oxygens (including phenoxy) is 1. The number of morpholine rings is 1. The van der Waals surface area contributed by atoms with E-state index in [4.69, 9.17) is 4.74 Å². The molecule has 2 aromatic rings. The van der Waals surface area contributed by atoms with Crippen molar-refractivity contribution in [1.82, 2.24) is 9.80 Å². The number of anilines is 4. The van der Waals surface area contributed by atoms with Crippen LogP contribution in [0, 0.1) is 0 Å². The van der Waals surface area contributed by atoms with Crippen LogP contribution >= 0.6 is 0 Å². The molecule has 9 nitrogen and oxygen atoms in total. The maximum absolute atomic E-state index is 13.2. The minimum Gasteiger partial charge on any atom is -0.378 e.